The number of carbonyl (C=O) groups excluding carboxylic acids is 2. The molecule has 214 valence electrons. The highest BCUT2D eigenvalue weighted by molar-refractivity contribution is 6.01. The van der Waals surface area contributed by atoms with Gasteiger partial charge in [0.1, 0.15) is 35.9 Å². The van der Waals surface area contributed by atoms with Crippen LogP contribution in [0, 0.1) is 0 Å². The van der Waals surface area contributed by atoms with E-state index in [1.807, 2.05) is 54.6 Å². The van der Waals surface area contributed by atoms with E-state index >= 15 is 0 Å². The van der Waals surface area contributed by atoms with Gasteiger partial charge in [-0.3, -0.25) is 14.5 Å². The van der Waals surface area contributed by atoms with Gasteiger partial charge in [-0.2, -0.15) is 4.68 Å². The molecule has 13 nitrogen and oxygen atoms in total. The molecule has 1 N–H and O–H groups in total. The summed E-state index contributed by atoms with van der Waals surface area (Å²) in [4.78, 5) is 29.8. The predicted octanol–water partition coefficient (Wildman–Crippen LogP) is 2.49. The molecule has 0 bridgehead atoms. The van der Waals surface area contributed by atoms with Crippen molar-refractivity contribution in [3.8, 4) is 11.4 Å². The van der Waals surface area contributed by atoms with Gasteiger partial charge in [0.25, 0.3) is 0 Å². The highest BCUT2D eigenvalue weighted by atomic mass is 16.5. The van der Waals surface area contributed by atoms with E-state index in [1.54, 1.807) is 18.2 Å². The molecule has 1 aliphatic heterocycles. The second kappa shape index (κ2) is 12.1. The molecule has 13 heteroatoms. The van der Waals surface area contributed by atoms with E-state index in [4.69, 9.17) is 9.47 Å². The summed E-state index contributed by atoms with van der Waals surface area (Å²) in [6.45, 7) is 0.867. The number of rotatable bonds is 10. The van der Waals surface area contributed by atoms with E-state index in [0.29, 0.717) is 46.9 Å². The van der Waals surface area contributed by atoms with Crippen molar-refractivity contribution in [1.82, 2.24) is 40.5 Å². The van der Waals surface area contributed by atoms with Gasteiger partial charge < -0.3 is 14.8 Å². The molecule has 6 rings (SSSR count). The summed E-state index contributed by atoms with van der Waals surface area (Å²) in [6, 6.07) is 20.8. The van der Waals surface area contributed by atoms with Crippen molar-refractivity contribution in [2.45, 2.75) is 31.5 Å². The lowest BCUT2D eigenvalue weighted by atomic mass is 10.0. The number of nitrogens with one attached hydrogen (secondary N) is 1. The molecule has 0 saturated carbocycles. The van der Waals surface area contributed by atoms with Gasteiger partial charge in [-0.1, -0.05) is 47.7 Å². The van der Waals surface area contributed by atoms with Crippen molar-refractivity contribution in [1.29, 1.82) is 0 Å². The van der Waals surface area contributed by atoms with Crippen LogP contribution in [0.4, 0.5) is 5.69 Å². The monoisotopic (exact) mass is 567 g/mol. The van der Waals surface area contributed by atoms with Crippen LogP contribution in [0.3, 0.4) is 0 Å². The zero-order valence-corrected chi connectivity index (χ0v) is 22.9. The van der Waals surface area contributed by atoms with Crippen LogP contribution in [0.1, 0.15) is 24.4 Å². The summed E-state index contributed by atoms with van der Waals surface area (Å²) in [5, 5.41) is 22.8. The third-order valence-electron chi connectivity index (χ3n) is 7.16. The Bertz CT molecular complexity index is 1670. The van der Waals surface area contributed by atoms with Crippen LogP contribution in [0.5, 0.6) is 5.75 Å². The molecule has 0 radical (unpaired) electrons. The summed E-state index contributed by atoms with van der Waals surface area (Å²) in [7, 11) is 1.52. The van der Waals surface area contributed by atoms with Crippen LogP contribution >= 0.6 is 0 Å². The number of methoxy groups -OCH3 is 1. The highest BCUT2D eigenvalue weighted by Gasteiger charge is 2.34. The lowest BCUT2D eigenvalue weighted by Gasteiger charge is -2.32. The van der Waals surface area contributed by atoms with Crippen molar-refractivity contribution >= 4 is 28.5 Å². The molecule has 42 heavy (non-hydrogen) atoms. The number of aromatic nitrogens is 7. The van der Waals surface area contributed by atoms with Crippen molar-refractivity contribution in [2.24, 2.45) is 0 Å². The zero-order valence-electron chi connectivity index (χ0n) is 22.9. The summed E-state index contributed by atoms with van der Waals surface area (Å²) >= 11 is 0. The first-order chi connectivity index (χ1) is 20.6. The first kappa shape index (κ1) is 27.0. The average Bonchev–Trinajstić information content (AvgIpc) is 3.82. The molecule has 1 saturated heterocycles. The maximum absolute atomic E-state index is 14.3. The summed E-state index contributed by atoms with van der Waals surface area (Å²) in [5.74, 6) is -0.295. The first-order valence-electron chi connectivity index (χ1n) is 13.6. The molecular formula is C29H29N9O4. The number of para-hydroxylation sites is 1. The van der Waals surface area contributed by atoms with Gasteiger partial charge in [0.05, 0.1) is 18.7 Å². The van der Waals surface area contributed by atoms with Gasteiger partial charge in [-0.25, -0.2) is 4.68 Å². The Morgan fingerprint density at radius 1 is 1.10 bits per heavy atom. The molecule has 3 heterocycles. The number of fused-ring (bicyclic) bond motifs is 1. The standard InChI is InChI=1S/C29H29N9O4/c1-41-26-16-21(13-14-25(26)37-19-31-33-35-37)38(27(39)18-36-24-12-6-5-11-23(24)32-34-36)28(20-8-3-2-4-9-20)29(40)30-17-22-10-7-15-42-22/h2-6,8-9,11-14,16,19,22,28H,7,10,15,17-18H2,1H3,(H,30,40)/t22-,28+/m1/s1. The minimum absolute atomic E-state index is 0.0632. The fourth-order valence-corrected chi connectivity index (χ4v) is 5.12. The molecule has 3 aromatic carbocycles. The molecule has 0 aliphatic carbocycles. The number of tetrazole rings is 1. The molecule has 1 fully saturated rings. The lowest BCUT2D eigenvalue weighted by molar-refractivity contribution is -0.127. The van der Waals surface area contributed by atoms with Crippen LogP contribution < -0.4 is 15.0 Å². The predicted molar refractivity (Wildman–Crippen MR) is 152 cm³/mol. The minimum Gasteiger partial charge on any atom is -0.494 e. The van der Waals surface area contributed by atoms with E-state index in [9.17, 15) is 9.59 Å². The summed E-state index contributed by atoms with van der Waals surface area (Å²) < 4.78 is 14.4. The number of anilines is 1. The van der Waals surface area contributed by atoms with E-state index in [2.05, 4.69) is 31.2 Å². The van der Waals surface area contributed by atoms with E-state index in [0.717, 1.165) is 12.8 Å². The van der Waals surface area contributed by atoms with Crippen LogP contribution in [0.15, 0.2) is 79.1 Å². The van der Waals surface area contributed by atoms with Crippen LogP contribution in [0.2, 0.25) is 0 Å². The Kier molecular flexibility index (Phi) is 7.81. The van der Waals surface area contributed by atoms with E-state index in [1.165, 1.54) is 27.7 Å². The van der Waals surface area contributed by atoms with Gasteiger partial charge in [0.15, 0.2) is 0 Å². The molecule has 2 amide bonds. The molecule has 0 unspecified atom stereocenters. The Hall–Kier alpha value is -5.17. The average molecular weight is 568 g/mol. The maximum atomic E-state index is 14.3. The first-order valence-corrected chi connectivity index (χ1v) is 13.6. The van der Waals surface area contributed by atoms with Gasteiger partial charge >= 0.3 is 0 Å². The fourth-order valence-electron chi connectivity index (χ4n) is 5.12. The maximum Gasteiger partial charge on any atom is 0.249 e. The van der Waals surface area contributed by atoms with Crippen LogP contribution in [-0.2, 0) is 20.9 Å². The van der Waals surface area contributed by atoms with Crippen molar-refractivity contribution in [3.05, 3.63) is 84.7 Å². The number of carbonyl (C=O) groups is 2. The fraction of sp³-hybridized carbons (Fsp3) is 0.276. The molecule has 2 aromatic heterocycles. The van der Waals surface area contributed by atoms with Gasteiger partial charge in [0, 0.05) is 24.9 Å². The Labute approximate surface area is 241 Å². The SMILES string of the molecule is COc1cc(N(C(=O)Cn2nnc3ccccc32)[C@H](C(=O)NC[C@H]2CCCO2)c2ccccc2)ccc1-n1cnnn1. The van der Waals surface area contributed by atoms with Crippen molar-refractivity contribution < 1.29 is 19.1 Å². The Balaban J connectivity index is 1.42. The minimum atomic E-state index is -1.00. The largest absolute Gasteiger partial charge is 0.494 e. The molecule has 2 atom stereocenters. The second-order valence-corrected chi connectivity index (χ2v) is 9.80. The quantitative estimate of drug-likeness (QED) is 0.269. The number of ether oxygens (including phenoxy) is 2. The molecule has 1 aliphatic rings. The van der Waals surface area contributed by atoms with Crippen molar-refractivity contribution in [3.63, 3.8) is 0 Å². The van der Waals surface area contributed by atoms with Crippen LogP contribution in [-0.4, -0.2) is 73.4 Å². The number of hydrogen-bond donors (Lipinski definition) is 1. The molecule has 0 spiro atoms. The normalized spacial score (nSPS) is 15.4. The number of hydrogen-bond acceptors (Lipinski definition) is 9. The third kappa shape index (κ3) is 5.54. The van der Waals surface area contributed by atoms with E-state index < -0.39 is 6.04 Å². The number of amides is 2. The second-order valence-electron chi connectivity index (χ2n) is 9.80. The van der Waals surface area contributed by atoms with Gasteiger partial charge in [0.2, 0.25) is 11.8 Å². The topological polar surface area (TPSA) is 142 Å². The van der Waals surface area contributed by atoms with Gasteiger partial charge in [-0.15, -0.1) is 10.2 Å². The van der Waals surface area contributed by atoms with E-state index in [-0.39, 0.29) is 24.5 Å². The number of nitrogens with zero attached hydrogens (tertiary/aromatic N) is 8. The molecular weight excluding hydrogens is 538 g/mol. The Morgan fingerprint density at radius 3 is 2.69 bits per heavy atom. The summed E-state index contributed by atoms with van der Waals surface area (Å²) in [5.41, 5.74) is 3.02. The smallest absolute Gasteiger partial charge is 0.249 e. The lowest BCUT2D eigenvalue weighted by Crippen LogP contribution is -2.46. The zero-order chi connectivity index (χ0) is 28.9. The summed E-state index contributed by atoms with van der Waals surface area (Å²) in [6.07, 6.45) is 3.20. The van der Waals surface area contributed by atoms with Crippen molar-refractivity contribution in [2.75, 3.05) is 25.2 Å². The van der Waals surface area contributed by atoms with Gasteiger partial charge in [-0.05, 0) is 53.1 Å². The van der Waals surface area contributed by atoms with Crippen LogP contribution in [0.25, 0.3) is 16.7 Å². The highest BCUT2D eigenvalue weighted by Crippen LogP contribution is 2.34. The Morgan fingerprint density at radius 2 is 1.93 bits per heavy atom. The third-order valence-corrected chi connectivity index (χ3v) is 7.16. The number of benzene rings is 3. The molecule has 5 aromatic rings.